The number of hydrogen-bond acceptors (Lipinski definition) is 4. The number of aromatic nitrogens is 4. The highest BCUT2D eigenvalue weighted by Crippen LogP contribution is 2.41. The number of thiophene rings is 1. The van der Waals surface area contributed by atoms with E-state index in [1.54, 1.807) is 23.5 Å². The Kier molecular flexibility index (Phi) is 5.54. The maximum atomic E-state index is 8.84. The largest absolute Gasteiger partial charge is 0.309 e. The van der Waals surface area contributed by atoms with Gasteiger partial charge >= 0.3 is 0 Å². The Bertz CT molecular complexity index is 3110. The van der Waals surface area contributed by atoms with E-state index in [0.29, 0.717) is 28.6 Å². The van der Waals surface area contributed by atoms with E-state index < -0.39 is 18.1 Å². The van der Waals surface area contributed by atoms with Gasteiger partial charge in [0.15, 0.2) is 17.5 Å². The molecule has 0 amide bonds. The lowest BCUT2D eigenvalue weighted by Crippen LogP contribution is -2.04. The van der Waals surface area contributed by atoms with Gasteiger partial charge in [-0.05, 0) is 47.5 Å². The van der Waals surface area contributed by atoms with E-state index in [0.717, 1.165) is 58.8 Å². The molecule has 10 aromatic rings. The van der Waals surface area contributed by atoms with Crippen molar-refractivity contribution < 1.29 is 6.85 Å². The van der Waals surface area contributed by atoms with E-state index in [4.69, 9.17) is 21.8 Å². The standard InChI is InChI=1S/C45H28N4S/c1-2-15-29(16-3-1)30-17-4-5-21-35(30)43-46-44(48-45(47-43)37-24-14-23-34-33-20-9-13-28-41(33)50-42(34)37)36-22-8-12-27-40(36)49-38-25-10-6-18-31(38)32-19-7-11-26-39(32)49/h1-28H/i1D,2D,3D,15D,16D. The van der Waals surface area contributed by atoms with Crippen LogP contribution in [0.15, 0.2) is 170 Å². The Morgan fingerprint density at radius 2 is 0.960 bits per heavy atom. The molecule has 0 fully saturated rings. The Balaban J connectivity index is 1.28. The molecule has 0 spiro atoms. The van der Waals surface area contributed by atoms with Crippen LogP contribution in [0.4, 0.5) is 0 Å². The molecule has 0 radical (unpaired) electrons. The molecular weight excluding hydrogens is 629 g/mol. The number of hydrogen-bond donors (Lipinski definition) is 0. The third-order valence-electron chi connectivity index (χ3n) is 9.18. The summed E-state index contributed by atoms with van der Waals surface area (Å²) in [6.45, 7) is 0. The van der Waals surface area contributed by atoms with Crippen molar-refractivity contribution in [2.75, 3.05) is 0 Å². The van der Waals surface area contributed by atoms with Crippen LogP contribution in [-0.2, 0) is 0 Å². The summed E-state index contributed by atoms with van der Waals surface area (Å²) in [6, 6.07) is 44.7. The lowest BCUT2D eigenvalue weighted by Gasteiger charge is -2.15. The molecule has 0 saturated heterocycles. The van der Waals surface area contributed by atoms with Gasteiger partial charge < -0.3 is 4.57 Å². The van der Waals surface area contributed by atoms with Crippen molar-refractivity contribution in [1.29, 1.82) is 0 Å². The molecule has 3 heterocycles. The zero-order chi connectivity index (χ0) is 37.4. The number of nitrogens with zero attached hydrogens (tertiary/aromatic N) is 4. The first-order valence-electron chi connectivity index (χ1n) is 18.8. The first-order chi connectivity index (χ1) is 26.9. The monoisotopic (exact) mass is 661 g/mol. The fraction of sp³-hybridized carbons (Fsp3) is 0. The molecule has 50 heavy (non-hydrogen) atoms. The second-order valence-corrected chi connectivity index (χ2v) is 13.1. The van der Waals surface area contributed by atoms with Crippen LogP contribution in [-0.4, -0.2) is 19.5 Å². The molecular formula is C45H28N4S. The van der Waals surface area contributed by atoms with Crippen LogP contribution < -0.4 is 0 Å². The van der Waals surface area contributed by atoms with Gasteiger partial charge in [-0.15, -0.1) is 11.3 Å². The predicted octanol–water partition coefficient (Wildman–Crippen LogP) is 12.0. The van der Waals surface area contributed by atoms with E-state index in [9.17, 15) is 0 Å². The Morgan fingerprint density at radius 3 is 1.70 bits per heavy atom. The van der Waals surface area contributed by atoms with Crippen LogP contribution in [0.2, 0.25) is 0 Å². The first-order valence-corrected chi connectivity index (χ1v) is 17.1. The molecule has 0 atom stereocenters. The fourth-order valence-electron chi connectivity index (χ4n) is 6.98. The minimum absolute atomic E-state index is 0.0856. The first kappa shape index (κ1) is 23.8. The van der Waals surface area contributed by atoms with E-state index in [1.807, 2.05) is 66.7 Å². The summed E-state index contributed by atoms with van der Waals surface area (Å²) in [4.78, 5) is 15.6. The van der Waals surface area contributed by atoms with Gasteiger partial charge in [-0.1, -0.05) is 133 Å². The molecule has 10 rings (SSSR count). The molecule has 234 valence electrons. The van der Waals surface area contributed by atoms with Gasteiger partial charge in [0.1, 0.15) is 0 Å². The highest BCUT2D eigenvalue weighted by atomic mass is 32.1. The molecule has 0 saturated carbocycles. The number of benzene rings is 7. The van der Waals surface area contributed by atoms with Gasteiger partial charge in [-0.3, -0.25) is 0 Å². The van der Waals surface area contributed by atoms with Crippen molar-refractivity contribution >= 4 is 53.3 Å². The van der Waals surface area contributed by atoms with E-state index in [-0.39, 0.29) is 17.6 Å². The second-order valence-electron chi connectivity index (χ2n) is 12.0. The van der Waals surface area contributed by atoms with Crippen LogP contribution in [0.5, 0.6) is 0 Å². The van der Waals surface area contributed by atoms with Crippen LogP contribution in [0.3, 0.4) is 0 Å². The Morgan fingerprint density at radius 1 is 0.440 bits per heavy atom. The maximum Gasteiger partial charge on any atom is 0.166 e. The lowest BCUT2D eigenvalue weighted by atomic mass is 9.99. The van der Waals surface area contributed by atoms with Crippen molar-refractivity contribution in [3.05, 3.63) is 170 Å². The SMILES string of the molecule is [2H]c1c([2H])c([2H])c(-c2ccccc2-c2nc(-c3ccccc3-n3c4ccccc4c4ccccc43)nc(-c3cccc4c3sc3ccccc34)n2)c([2H])c1[2H]. The molecule has 0 unspecified atom stereocenters. The molecule has 4 nitrogen and oxygen atoms in total. The van der Waals surface area contributed by atoms with Crippen LogP contribution >= 0.6 is 11.3 Å². The third kappa shape index (κ3) is 4.55. The predicted molar refractivity (Wildman–Crippen MR) is 209 cm³/mol. The third-order valence-corrected chi connectivity index (χ3v) is 10.4. The lowest BCUT2D eigenvalue weighted by molar-refractivity contribution is 1.07. The van der Waals surface area contributed by atoms with Crippen molar-refractivity contribution in [3.63, 3.8) is 0 Å². The average Bonchev–Trinajstić information content (AvgIpc) is 3.78. The van der Waals surface area contributed by atoms with Gasteiger partial charge in [-0.25, -0.2) is 15.0 Å². The zero-order valence-electron chi connectivity index (χ0n) is 31.5. The molecule has 5 heteroatoms. The van der Waals surface area contributed by atoms with Gasteiger partial charge in [0, 0.05) is 47.6 Å². The minimum Gasteiger partial charge on any atom is -0.309 e. The summed E-state index contributed by atoms with van der Waals surface area (Å²) in [5.74, 6) is 1.22. The van der Waals surface area contributed by atoms with Crippen molar-refractivity contribution in [1.82, 2.24) is 19.5 Å². The topological polar surface area (TPSA) is 43.6 Å². The van der Waals surface area contributed by atoms with Crippen LogP contribution in [0, 0.1) is 0 Å². The molecule has 7 aromatic carbocycles. The highest BCUT2D eigenvalue weighted by molar-refractivity contribution is 7.26. The summed E-state index contributed by atoms with van der Waals surface area (Å²) < 4.78 is 47.2. The van der Waals surface area contributed by atoms with Crippen LogP contribution in [0.25, 0.3) is 93.0 Å². The van der Waals surface area contributed by atoms with Gasteiger partial charge in [-0.2, -0.15) is 0 Å². The molecule has 0 aliphatic heterocycles. The van der Waals surface area contributed by atoms with E-state index in [1.165, 1.54) is 0 Å². The number of rotatable bonds is 5. The quantitative estimate of drug-likeness (QED) is 0.184. The van der Waals surface area contributed by atoms with E-state index in [2.05, 4.69) is 65.2 Å². The molecule has 0 bridgehead atoms. The van der Waals surface area contributed by atoms with Crippen molar-refractivity contribution in [3.8, 4) is 51.0 Å². The number of fused-ring (bicyclic) bond motifs is 6. The zero-order valence-corrected chi connectivity index (χ0v) is 27.3. The van der Waals surface area contributed by atoms with Crippen LogP contribution in [0.1, 0.15) is 6.85 Å². The highest BCUT2D eigenvalue weighted by Gasteiger charge is 2.21. The summed E-state index contributed by atoms with van der Waals surface area (Å²) in [6.07, 6.45) is 0. The summed E-state index contributed by atoms with van der Waals surface area (Å²) in [5.41, 5.74) is 5.65. The Labute approximate surface area is 299 Å². The molecule has 3 aromatic heterocycles. The smallest absolute Gasteiger partial charge is 0.166 e. The fourth-order valence-corrected chi connectivity index (χ4v) is 8.19. The summed E-state index contributed by atoms with van der Waals surface area (Å²) in [5, 5.41) is 4.52. The van der Waals surface area contributed by atoms with Gasteiger partial charge in [0.25, 0.3) is 0 Å². The van der Waals surface area contributed by atoms with Gasteiger partial charge in [0.2, 0.25) is 0 Å². The van der Waals surface area contributed by atoms with Gasteiger partial charge in [0.05, 0.1) is 23.6 Å². The molecule has 0 N–H and O–H groups in total. The number of para-hydroxylation sites is 3. The minimum atomic E-state index is -0.445. The second kappa shape index (κ2) is 11.6. The summed E-state index contributed by atoms with van der Waals surface area (Å²) in [7, 11) is 0. The Hall–Kier alpha value is -6.43. The maximum absolute atomic E-state index is 8.84. The average molecular weight is 662 g/mol. The summed E-state index contributed by atoms with van der Waals surface area (Å²) >= 11 is 1.69. The molecule has 0 aliphatic carbocycles. The van der Waals surface area contributed by atoms with Crippen molar-refractivity contribution in [2.24, 2.45) is 0 Å². The normalized spacial score (nSPS) is 13.0. The van der Waals surface area contributed by atoms with E-state index >= 15 is 0 Å². The van der Waals surface area contributed by atoms with Crippen molar-refractivity contribution in [2.45, 2.75) is 0 Å². The molecule has 0 aliphatic rings.